The van der Waals surface area contributed by atoms with Crippen LogP contribution in [0, 0.1) is 10.1 Å². The molecular weight excluding hydrogens is 470 g/mol. The number of imide groups is 1. The first kappa shape index (κ1) is 26.2. The summed E-state index contributed by atoms with van der Waals surface area (Å²) in [6.07, 6.45) is -1.53. The quantitative estimate of drug-likeness (QED) is 0.257. The Morgan fingerprint density at radius 2 is 1.76 bits per heavy atom. The average molecular weight is 493 g/mol. The Labute approximate surface area is 195 Å². The number of hydrogen-bond donors (Lipinski definition) is 3. The highest BCUT2D eigenvalue weighted by Gasteiger charge is 2.28. The maximum atomic E-state index is 12.6. The van der Waals surface area contributed by atoms with E-state index in [0.717, 1.165) is 12.1 Å². The number of ether oxygens (including phenoxy) is 1. The van der Waals surface area contributed by atoms with Crippen molar-refractivity contribution in [1.29, 1.82) is 0 Å². The minimum absolute atomic E-state index is 0.191. The number of nitrogens with one attached hydrogen (secondary N) is 3. The van der Waals surface area contributed by atoms with Crippen LogP contribution in [0.3, 0.4) is 0 Å². The second kappa shape index (κ2) is 11.2. The molecule has 13 nitrogen and oxygen atoms in total. The first-order valence-corrected chi connectivity index (χ1v) is 11.2. The number of carbonyl (C=O) groups excluding carboxylic acids is 3. The van der Waals surface area contributed by atoms with Crippen molar-refractivity contribution >= 4 is 39.3 Å². The van der Waals surface area contributed by atoms with Gasteiger partial charge in [-0.2, -0.15) is 4.72 Å². The van der Waals surface area contributed by atoms with E-state index in [4.69, 9.17) is 4.74 Å². The Bertz CT molecular complexity index is 1180. The predicted octanol–water partition coefficient (Wildman–Crippen LogP) is 0.679. The Kier molecular flexibility index (Phi) is 8.64. The van der Waals surface area contributed by atoms with Crippen molar-refractivity contribution in [1.82, 2.24) is 15.4 Å². The molecule has 34 heavy (non-hydrogen) atoms. The summed E-state index contributed by atoms with van der Waals surface area (Å²) in [7, 11) is 0.0795. The number of hydrogen-bond acceptors (Lipinski definition) is 9. The molecule has 0 aliphatic carbocycles. The molecule has 182 valence electrons. The van der Waals surface area contributed by atoms with Gasteiger partial charge in [-0.15, -0.1) is 0 Å². The lowest BCUT2D eigenvalue weighted by atomic mass is 10.1. The molecule has 0 saturated heterocycles. The number of esters is 1. The Balaban J connectivity index is 2.17. The second-order valence-electron chi connectivity index (χ2n) is 6.98. The molecule has 2 rings (SSSR count). The van der Waals surface area contributed by atoms with Crippen LogP contribution in [0.15, 0.2) is 53.4 Å². The first-order chi connectivity index (χ1) is 16.0. The zero-order valence-electron chi connectivity index (χ0n) is 18.5. The number of nitro benzene ring substituents is 1. The lowest BCUT2D eigenvalue weighted by Crippen LogP contribution is -2.42. The summed E-state index contributed by atoms with van der Waals surface area (Å²) in [6, 6.07) is 10.2. The molecule has 2 aromatic carbocycles. The summed E-state index contributed by atoms with van der Waals surface area (Å²) in [6.45, 7) is -0.873. The molecule has 14 heteroatoms. The van der Waals surface area contributed by atoms with Gasteiger partial charge in [-0.1, -0.05) is 30.3 Å². The van der Waals surface area contributed by atoms with Crippen molar-refractivity contribution < 1.29 is 32.5 Å². The van der Waals surface area contributed by atoms with Crippen molar-refractivity contribution in [3.8, 4) is 0 Å². The van der Waals surface area contributed by atoms with Crippen LogP contribution in [-0.2, 0) is 24.3 Å². The fourth-order valence-electron chi connectivity index (χ4n) is 2.75. The summed E-state index contributed by atoms with van der Waals surface area (Å²) in [5.41, 5.74) is -0.00309. The maximum absolute atomic E-state index is 12.6. The number of carbonyl (C=O) groups is 3. The van der Waals surface area contributed by atoms with Gasteiger partial charge in [-0.3, -0.25) is 25.0 Å². The minimum Gasteiger partial charge on any atom is -0.446 e. The molecule has 0 bridgehead atoms. The molecular formula is C20H23N5O8S. The predicted molar refractivity (Wildman–Crippen MR) is 120 cm³/mol. The number of nitro groups is 1. The maximum Gasteiger partial charge on any atom is 0.322 e. The SMILES string of the molecule is CNC(=O)NC(=O)C(OC(=O)CNS(=O)(=O)c1ccc(N(C)C)c([N+](=O)[O-])c1)c1ccccc1. The summed E-state index contributed by atoms with van der Waals surface area (Å²) < 4.78 is 32.3. The molecule has 3 N–H and O–H groups in total. The molecule has 0 aromatic heterocycles. The monoisotopic (exact) mass is 493 g/mol. The highest BCUT2D eigenvalue weighted by atomic mass is 32.2. The van der Waals surface area contributed by atoms with Crippen LogP contribution in [0.1, 0.15) is 11.7 Å². The molecule has 0 fully saturated rings. The molecule has 0 saturated carbocycles. The largest absolute Gasteiger partial charge is 0.446 e. The molecule has 0 radical (unpaired) electrons. The van der Waals surface area contributed by atoms with Crippen LogP contribution in [0.5, 0.6) is 0 Å². The van der Waals surface area contributed by atoms with E-state index in [1.165, 1.54) is 30.1 Å². The number of benzene rings is 2. The number of amides is 3. The third-order valence-electron chi connectivity index (χ3n) is 4.40. The number of urea groups is 1. The van der Waals surface area contributed by atoms with Gasteiger partial charge in [0, 0.05) is 32.8 Å². The Morgan fingerprint density at radius 1 is 1.12 bits per heavy atom. The van der Waals surface area contributed by atoms with Crippen LogP contribution in [0.2, 0.25) is 0 Å². The Hall–Kier alpha value is -4.04. The van der Waals surface area contributed by atoms with Gasteiger partial charge >= 0.3 is 12.0 Å². The lowest BCUT2D eigenvalue weighted by molar-refractivity contribution is -0.384. The fraction of sp³-hybridized carbons (Fsp3) is 0.250. The van der Waals surface area contributed by atoms with E-state index in [-0.39, 0.29) is 11.3 Å². The van der Waals surface area contributed by atoms with E-state index in [2.05, 4.69) is 5.32 Å². The van der Waals surface area contributed by atoms with E-state index >= 15 is 0 Å². The molecule has 0 aliphatic rings. The normalized spacial score (nSPS) is 11.7. The zero-order chi connectivity index (χ0) is 25.5. The molecule has 0 spiro atoms. The van der Waals surface area contributed by atoms with E-state index in [0.29, 0.717) is 0 Å². The van der Waals surface area contributed by atoms with Gasteiger partial charge in [0.15, 0.2) is 0 Å². The summed E-state index contributed by atoms with van der Waals surface area (Å²) in [4.78, 5) is 47.8. The fourth-order valence-corrected chi connectivity index (χ4v) is 3.73. The van der Waals surface area contributed by atoms with Gasteiger partial charge in [-0.25, -0.2) is 13.2 Å². The molecule has 2 aromatic rings. The molecule has 0 heterocycles. The van der Waals surface area contributed by atoms with Crippen molar-refractivity contribution in [3.05, 3.63) is 64.2 Å². The van der Waals surface area contributed by atoms with Gasteiger partial charge in [0.25, 0.3) is 11.6 Å². The van der Waals surface area contributed by atoms with E-state index < -0.39 is 56.1 Å². The Morgan fingerprint density at radius 3 is 2.32 bits per heavy atom. The molecule has 3 amide bonds. The van der Waals surface area contributed by atoms with Gasteiger partial charge in [0.2, 0.25) is 16.1 Å². The number of sulfonamides is 1. The number of anilines is 1. The van der Waals surface area contributed by atoms with Crippen molar-refractivity contribution in [2.24, 2.45) is 0 Å². The average Bonchev–Trinajstić information content (AvgIpc) is 2.81. The van der Waals surface area contributed by atoms with E-state index in [9.17, 15) is 32.9 Å². The molecule has 0 aliphatic heterocycles. The van der Waals surface area contributed by atoms with Gasteiger partial charge in [0.05, 0.1) is 9.82 Å². The van der Waals surface area contributed by atoms with Crippen molar-refractivity contribution in [3.63, 3.8) is 0 Å². The van der Waals surface area contributed by atoms with Crippen LogP contribution >= 0.6 is 0 Å². The second-order valence-corrected chi connectivity index (χ2v) is 8.74. The third-order valence-corrected chi connectivity index (χ3v) is 5.79. The molecule has 1 unspecified atom stereocenters. The van der Waals surface area contributed by atoms with Crippen molar-refractivity contribution in [2.75, 3.05) is 32.6 Å². The summed E-state index contributed by atoms with van der Waals surface area (Å²) in [5, 5.41) is 15.5. The van der Waals surface area contributed by atoms with Gasteiger partial charge in [0.1, 0.15) is 12.2 Å². The van der Waals surface area contributed by atoms with Crippen LogP contribution < -0.4 is 20.3 Å². The third kappa shape index (κ3) is 6.73. The first-order valence-electron chi connectivity index (χ1n) is 9.68. The lowest BCUT2D eigenvalue weighted by Gasteiger charge is -2.18. The van der Waals surface area contributed by atoms with Crippen molar-refractivity contribution in [2.45, 2.75) is 11.0 Å². The number of rotatable bonds is 9. The highest BCUT2D eigenvalue weighted by molar-refractivity contribution is 7.89. The van der Waals surface area contributed by atoms with Gasteiger partial charge in [-0.05, 0) is 12.1 Å². The van der Waals surface area contributed by atoms with Crippen LogP contribution in [0.25, 0.3) is 0 Å². The van der Waals surface area contributed by atoms with Crippen LogP contribution in [-0.4, -0.2) is 58.9 Å². The van der Waals surface area contributed by atoms with Gasteiger partial charge < -0.3 is 15.0 Å². The van der Waals surface area contributed by atoms with Crippen LogP contribution in [0.4, 0.5) is 16.2 Å². The van der Waals surface area contributed by atoms with E-state index in [1.807, 2.05) is 10.0 Å². The smallest absolute Gasteiger partial charge is 0.322 e. The number of nitrogens with zero attached hydrogens (tertiary/aromatic N) is 2. The standard InChI is InChI=1S/C20H23N5O8S/c1-21-20(28)23-19(27)18(13-7-5-4-6-8-13)33-17(26)12-22-34(31,32)14-9-10-15(24(2)3)16(11-14)25(29)30/h4-11,18,22H,12H2,1-3H3,(H2,21,23,27,28). The summed E-state index contributed by atoms with van der Waals surface area (Å²) in [5.74, 6) is -2.07. The summed E-state index contributed by atoms with van der Waals surface area (Å²) >= 11 is 0. The molecule has 1 atom stereocenters. The zero-order valence-corrected chi connectivity index (χ0v) is 19.3. The minimum atomic E-state index is -4.34. The topological polar surface area (TPSA) is 177 Å². The van der Waals surface area contributed by atoms with E-state index in [1.54, 1.807) is 32.3 Å². The highest BCUT2D eigenvalue weighted by Crippen LogP contribution is 2.29.